The molecule has 1 amide bonds. The second-order valence-corrected chi connectivity index (χ2v) is 6.63. The van der Waals surface area contributed by atoms with Crippen LogP contribution in [0.2, 0.25) is 0 Å². The van der Waals surface area contributed by atoms with Crippen LogP contribution in [0.15, 0.2) is 36.4 Å². The lowest BCUT2D eigenvalue weighted by Crippen LogP contribution is -2.32. The first-order valence-electron chi connectivity index (χ1n) is 8.13. The van der Waals surface area contributed by atoms with Crippen molar-refractivity contribution in [3.63, 3.8) is 0 Å². The highest BCUT2D eigenvalue weighted by atomic mass is 16.6. The maximum absolute atomic E-state index is 11.7. The zero-order valence-electron chi connectivity index (χ0n) is 15.3. The Balaban J connectivity index is 2.05. The van der Waals surface area contributed by atoms with Gasteiger partial charge < -0.3 is 20.1 Å². The number of carbonyl (C=O) groups excluding carboxylic acids is 2. The van der Waals surface area contributed by atoms with Crippen LogP contribution in [0.1, 0.15) is 36.7 Å². The van der Waals surface area contributed by atoms with Gasteiger partial charge in [0.25, 0.3) is 0 Å². The van der Waals surface area contributed by atoms with Crippen molar-refractivity contribution >= 4 is 23.9 Å². The van der Waals surface area contributed by atoms with Crippen molar-refractivity contribution in [2.24, 2.45) is 0 Å². The van der Waals surface area contributed by atoms with E-state index in [1.54, 1.807) is 12.1 Å². The van der Waals surface area contributed by atoms with Gasteiger partial charge in [-0.2, -0.15) is 4.98 Å². The predicted octanol–water partition coefficient (Wildman–Crippen LogP) is 3.67. The fourth-order valence-electron chi connectivity index (χ4n) is 2.16. The summed E-state index contributed by atoms with van der Waals surface area (Å²) in [6.45, 7) is 5.76. The Hall–Kier alpha value is -3.09. The zero-order valence-corrected chi connectivity index (χ0v) is 15.3. The minimum Gasteiger partial charge on any atom is -0.481 e. The molecule has 0 spiro atoms. The van der Waals surface area contributed by atoms with Crippen molar-refractivity contribution in [1.82, 2.24) is 10.3 Å². The molecule has 1 heterocycles. The number of anilines is 2. The number of benzene rings is 1. The van der Waals surface area contributed by atoms with Crippen molar-refractivity contribution in [2.75, 3.05) is 12.4 Å². The SMILES string of the molecule is COc1cc(C=O)cc(Nc2cccc(CNC(=O)OC(C)(C)C)c2)n1. The Kier molecular flexibility index (Phi) is 6.16. The quantitative estimate of drug-likeness (QED) is 0.767. The summed E-state index contributed by atoms with van der Waals surface area (Å²) in [6, 6.07) is 10.7. The molecule has 2 aromatic rings. The van der Waals surface area contributed by atoms with Gasteiger partial charge in [-0.05, 0) is 44.5 Å². The average Bonchev–Trinajstić information content (AvgIpc) is 2.58. The molecule has 0 aliphatic heterocycles. The fourth-order valence-corrected chi connectivity index (χ4v) is 2.16. The molecule has 0 saturated heterocycles. The average molecular weight is 357 g/mol. The minimum atomic E-state index is -0.540. The predicted molar refractivity (Wildman–Crippen MR) is 99.0 cm³/mol. The summed E-state index contributed by atoms with van der Waals surface area (Å²) in [5.74, 6) is 0.837. The number of nitrogens with zero attached hydrogens (tertiary/aromatic N) is 1. The van der Waals surface area contributed by atoms with E-state index >= 15 is 0 Å². The van der Waals surface area contributed by atoms with Gasteiger partial charge in [0.2, 0.25) is 5.88 Å². The van der Waals surface area contributed by atoms with Crippen molar-refractivity contribution in [1.29, 1.82) is 0 Å². The molecule has 0 aliphatic carbocycles. The highest BCUT2D eigenvalue weighted by Gasteiger charge is 2.15. The highest BCUT2D eigenvalue weighted by Crippen LogP contribution is 2.20. The number of methoxy groups -OCH3 is 1. The van der Waals surface area contributed by atoms with Crippen molar-refractivity contribution in [3.8, 4) is 5.88 Å². The van der Waals surface area contributed by atoms with Crippen LogP contribution in [-0.4, -0.2) is 30.1 Å². The second kappa shape index (κ2) is 8.33. The molecular weight excluding hydrogens is 334 g/mol. The standard InChI is InChI=1S/C19H23N3O4/c1-19(2,3)26-18(24)20-11-13-6-5-7-15(8-13)21-16-9-14(12-23)10-17(22-16)25-4/h5-10,12H,11H2,1-4H3,(H,20,24)(H,21,22). The van der Waals surface area contributed by atoms with Gasteiger partial charge in [-0.1, -0.05) is 12.1 Å². The first-order valence-corrected chi connectivity index (χ1v) is 8.13. The lowest BCUT2D eigenvalue weighted by molar-refractivity contribution is 0.0523. The van der Waals surface area contributed by atoms with Gasteiger partial charge in [-0.15, -0.1) is 0 Å². The summed E-state index contributed by atoms with van der Waals surface area (Å²) in [4.78, 5) is 27.0. The number of hydrogen-bond acceptors (Lipinski definition) is 6. The Morgan fingerprint density at radius 3 is 2.65 bits per heavy atom. The van der Waals surface area contributed by atoms with Crippen LogP contribution in [0.5, 0.6) is 5.88 Å². The molecule has 138 valence electrons. The first kappa shape index (κ1) is 19.2. The molecule has 0 atom stereocenters. The molecule has 1 aromatic carbocycles. The number of rotatable bonds is 6. The van der Waals surface area contributed by atoms with Crippen LogP contribution >= 0.6 is 0 Å². The third kappa shape index (κ3) is 6.08. The van der Waals surface area contributed by atoms with E-state index in [2.05, 4.69) is 15.6 Å². The molecule has 2 rings (SSSR count). The van der Waals surface area contributed by atoms with Crippen LogP contribution < -0.4 is 15.4 Å². The third-order valence-corrected chi connectivity index (χ3v) is 3.20. The molecule has 26 heavy (non-hydrogen) atoms. The van der Waals surface area contributed by atoms with Crippen LogP contribution in [0.3, 0.4) is 0 Å². The number of ether oxygens (including phenoxy) is 2. The number of carbonyl (C=O) groups is 2. The van der Waals surface area contributed by atoms with Crippen LogP contribution in [0, 0.1) is 0 Å². The molecule has 1 aromatic heterocycles. The van der Waals surface area contributed by atoms with Gasteiger partial charge in [0.15, 0.2) is 0 Å². The van der Waals surface area contributed by atoms with E-state index in [1.807, 2.05) is 45.0 Å². The van der Waals surface area contributed by atoms with Crippen LogP contribution in [0.25, 0.3) is 0 Å². The van der Waals surface area contributed by atoms with Gasteiger partial charge in [-0.3, -0.25) is 4.79 Å². The molecular formula is C19H23N3O4. The normalized spacial score (nSPS) is 10.8. The van der Waals surface area contributed by atoms with Gasteiger partial charge in [-0.25, -0.2) is 4.79 Å². The number of aldehydes is 1. The number of alkyl carbamates (subject to hydrolysis) is 1. The van der Waals surface area contributed by atoms with E-state index in [9.17, 15) is 9.59 Å². The van der Waals surface area contributed by atoms with Gasteiger partial charge >= 0.3 is 6.09 Å². The van der Waals surface area contributed by atoms with E-state index in [0.29, 0.717) is 23.8 Å². The topological polar surface area (TPSA) is 89.6 Å². The number of aromatic nitrogens is 1. The summed E-state index contributed by atoms with van der Waals surface area (Å²) in [5.41, 5.74) is 1.58. The van der Waals surface area contributed by atoms with Crippen LogP contribution in [0.4, 0.5) is 16.3 Å². The maximum atomic E-state index is 11.7. The van der Waals surface area contributed by atoms with Crippen LogP contribution in [-0.2, 0) is 11.3 Å². The maximum Gasteiger partial charge on any atom is 0.407 e. The Bertz CT molecular complexity index is 785. The lowest BCUT2D eigenvalue weighted by Gasteiger charge is -2.19. The molecule has 7 heteroatoms. The molecule has 2 N–H and O–H groups in total. The molecule has 0 aliphatic rings. The number of nitrogens with one attached hydrogen (secondary N) is 2. The van der Waals surface area contributed by atoms with Crippen molar-refractivity contribution in [2.45, 2.75) is 32.9 Å². The number of amides is 1. The largest absolute Gasteiger partial charge is 0.481 e. The Morgan fingerprint density at radius 1 is 1.23 bits per heavy atom. The smallest absolute Gasteiger partial charge is 0.407 e. The van der Waals surface area contributed by atoms with Gasteiger partial charge in [0, 0.05) is 23.9 Å². The van der Waals surface area contributed by atoms with E-state index in [-0.39, 0.29) is 0 Å². The summed E-state index contributed by atoms with van der Waals surface area (Å²) >= 11 is 0. The van der Waals surface area contributed by atoms with E-state index < -0.39 is 11.7 Å². The summed E-state index contributed by atoms with van der Waals surface area (Å²) in [5, 5.41) is 5.84. The van der Waals surface area contributed by atoms with E-state index in [4.69, 9.17) is 9.47 Å². The second-order valence-electron chi connectivity index (χ2n) is 6.63. The lowest BCUT2D eigenvalue weighted by atomic mass is 10.2. The summed E-state index contributed by atoms with van der Waals surface area (Å²) in [6.07, 6.45) is 0.261. The van der Waals surface area contributed by atoms with Crippen molar-refractivity contribution in [3.05, 3.63) is 47.5 Å². The number of hydrogen-bond donors (Lipinski definition) is 2. The Morgan fingerprint density at radius 2 is 2.00 bits per heavy atom. The molecule has 0 saturated carbocycles. The fraction of sp³-hybridized carbons (Fsp3) is 0.316. The zero-order chi connectivity index (χ0) is 19.2. The molecule has 0 unspecified atom stereocenters. The minimum absolute atomic E-state index is 0.329. The highest BCUT2D eigenvalue weighted by molar-refractivity contribution is 5.77. The molecule has 7 nitrogen and oxygen atoms in total. The molecule has 0 radical (unpaired) electrons. The monoisotopic (exact) mass is 357 g/mol. The Labute approximate surface area is 152 Å². The number of pyridine rings is 1. The molecule has 0 bridgehead atoms. The van der Waals surface area contributed by atoms with E-state index in [0.717, 1.165) is 17.5 Å². The summed E-state index contributed by atoms with van der Waals surface area (Å²) < 4.78 is 10.3. The molecule has 0 fully saturated rings. The van der Waals surface area contributed by atoms with Gasteiger partial charge in [0.05, 0.1) is 7.11 Å². The third-order valence-electron chi connectivity index (χ3n) is 3.20. The summed E-state index contributed by atoms with van der Waals surface area (Å²) in [7, 11) is 1.49. The van der Waals surface area contributed by atoms with E-state index in [1.165, 1.54) is 7.11 Å². The van der Waals surface area contributed by atoms with Crippen molar-refractivity contribution < 1.29 is 19.1 Å². The first-order chi connectivity index (χ1) is 12.3. The van der Waals surface area contributed by atoms with Gasteiger partial charge in [0.1, 0.15) is 17.7 Å².